The molecular formula is C20H25NO2Si. The zero-order chi connectivity index (χ0) is 16.9. The van der Waals surface area contributed by atoms with E-state index in [1.807, 2.05) is 0 Å². The summed E-state index contributed by atoms with van der Waals surface area (Å²) < 4.78 is 11.1. The highest BCUT2D eigenvalue weighted by Crippen LogP contribution is 2.31. The summed E-state index contributed by atoms with van der Waals surface area (Å²) in [7, 11) is 4.60. The third-order valence-corrected chi connectivity index (χ3v) is 5.15. The van der Waals surface area contributed by atoms with Gasteiger partial charge in [-0.25, -0.2) is 0 Å². The summed E-state index contributed by atoms with van der Waals surface area (Å²) in [6, 6.07) is 8.83. The molecule has 0 fully saturated rings. The highest BCUT2D eigenvalue weighted by molar-refractivity contribution is 6.32. The minimum atomic E-state index is 0.122. The van der Waals surface area contributed by atoms with E-state index in [1.165, 1.54) is 16.6 Å². The lowest BCUT2D eigenvalue weighted by molar-refractivity contribution is 0.139. The Labute approximate surface area is 147 Å². The number of hydrogen-bond donors (Lipinski definition) is 0. The highest BCUT2D eigenvalue weighted by Gasteiger charge is 2.22. The van der Waals surface area contributed by atoms with E-state index in [9.17, 15) is 0 Å². The Balaban J connectivity index is 2.00. The first-order chi connectivity index (χ1) is 11.7. The fraction of sp³-hybridized carbons (Fsp3) is 0.300. The minimum absolute atomic E-state index is 0.122. The van der Waals surface area contributed by atoms with Crippen LogP contribution in [0, 0.1) is 0 Å². The molecule has 0 aromatic heterocycles. The van der Waals surface area contributed by atoms with E-state index in [0.717, 1.165) is 28.8 Å². The van der Waals surface area contributed by atoms with Crippen LogP contribution >= 0.6 is 0 Å². The monoisotopic (exact) mass is 339 g/mol. The van der Waals surface area contributed by atoms with Gasteiger partial charge in [0.2, 0.25) is 0 Å². The van der Waals surface area contributed by atoms with Gasteiger partial charge in [-0.15, -0.1) is 0 Å². The third kappa shape index (κ3) is 3.78. The van der Waals surface area contributed by atoms with Crippen molar-refractivity contribution >= 4 is 21.1 Å². The number of ether oxygens (including phenoxy) is 2. The molecule has 0 bridgehead atoms. The molecule has 2 atom stereocenters. The first-order valence-corrected chi connectivity index (χ1v) is 9.39. The van der Waals surface area contributed by atoms with Crippen LogP contribution in [0.15, 0.2) is 72.1 Å². The van der Waals surface area contributed by atoms with E-state index in [4.69, 9.17) is 9.47 Å². The van der Waals surface area contributed by atoms with E-state index >= 15 is 0 Å². The fourth-order valence-electron chi connectivity index (χ4n) is 3.09. The van der Waals surface area contributed by atoms with Crippen LogP contribution in [0.2, 0.25) is 0 Å². The molecule has 4 heteroatoms. The van der Waals surface area contributed by atoms with E-state index in [-0.39, 0.29) is 12.2 Å². The Bertz CT molecular complexity index is 688. The Kier molecular flexibility index (Phi) is 5.51. The van der Waals surface area contributed by atoms with Gasteiger partial charge in [0.25, 0.3) is 0 Å². The summed E-state index contributed by atoms with van der Waals surface area (Å²) in [5.74, 6) is 0. The molecule has 0 saturated carbocycles. The second kappa shape index (κ2) is 7.79. The normalized spacial score (nSPS) is 23.1. The van der Waals surface area contributed by atoms with Gasteiger partial charge in [-0.3, -0.25) is 0 Å². The highest BCUT2D eigenvalue weighted by atomic mass is 28.1. The van der Waals surface area contributed by atoms with Crippen molar-refractivity contribution in [1.82, 2.24) is 0 Å². The first-order valence-electron chi connectivity index (χ1n) is 8.39. The van der Waals surface area contributed by atoms with E-state index < -0.39 is 0 Å². The first kappa shape index (κ1) is 17.0. The maximum absolute atomic E-state index is 5.55. The summed E-state index contributed by atoms with van der Waals surface area (Å²) in [4.78, 5) is 2.32. The lowest BCUT2D eigenvalue weighted by atomic mass is 10.0. The molecule has 3 nitrogen and oxygen atoms in total. The molecule has 24 heavy (non-hydrogen) atoms. The van der Waals surface area contributed by atoms with Crippen LogP contribution in [0.5, 0.6) is 0 Å². The molecule has 0 heterocycles. The van der Waals surface area contributed by atoms with E-state index in [0.29, 0.717) is 0 Å². The Hall–Kier alpha value is -1.88. The summed E-state index contributed by atoms with van der Waals surface area (Å²) in [6.45, 7) is 0. The number of hydrogen-bond acceptors (Lipinski definition) is 3. The van der Waals surface area contributed by atoms with Crippen LogP contribution in [-0.2, 0) is 9.47 Å². The number of anilines is 1. The Morgan fingerprint density at radius 1 is 1.08 bits per heavy atom. The molecule has 2 aliphatic rings. The van der Waals surface area contributed by atoms with Gasteiger partial charge in [0.05, 0.1) is 12.2 Å². The van der Waals surface area contributed by atoms with Crippen LogP contribution < -0.4 is 10.1 Å². The van der Waals surface area contributed by atoms with Crippen LogP contribution in [0.25, 0.3) is 0 Å². The van der Waals surface area contributed by atoms with Crippen molar-refractivity contribution in [1.29, 1.82) is 0 Å². The van der Waals surface area contributed by atoms with Gasteiger partial charge >= 0.3 is 0 Å². The number of nitrogens with zero attached hydrogens (tertiary/aromatic N) is 1. The minimum Gasteiger partial charge on any atom is -0.377 e. The number of methoxy groups -OCH3 is 2. The van der Waals surface area contributed by atoms with Gasteiger partial charge in [0.1, 0.15) is 0 Å². The lowest BCUT2D eigenvalue weighted by Gasteiger charge is -2.33. The molecule has 0 radical (unpaired) electrons. The van der Waals surface area contributed by atoms with Gasteiger partial charge in [0.15, 0.2) is 0 Å². The maximum atomic E-state index is 5.55. The standard InChI is InChI=1S/C20H25NO2Si/c1-22-18-7-3-5-16(13-18)21(15-9-11-20(24)12-10-15)17-6-4-8-19(14-17)23-2/h3-7,9-12,14,18-19H,8,13H2,1-2,24H3. The molecule has 1 aromatic carbocycles. The molecule has 2 aliphatic carbocycles. The van der Waals surface area contributed by atoms with Crippen LogP contribution in [0.4, 0.5) is 5.69 Å². The molecule has 0 spiro atoms. The zero-order valence-corrected chi connectivity index (χ0v) is 16.6. The van der Waals surface area contributed by atoms with Gasteiger partial charge < -0.3 is 14.4 Å². The predicted octanol–water partition coefficient (Wildman–Crippen LogP) is 2.20. The molecule has 3 rings (SSSR count). The number of benzene rings is 1. The Morgan fingerprint density at radius 2 is 1.83 bits per heavy atom. The molecule has 126 valence electrons. The van der Waals surface area contributed by atoms with E-state index in [2.05, 4.69) is 65.6 Å². The zero-order valence-electron chi connectivity index (χ0n) is 14.6. The van der Waals surface area contributed by atoms with Crippen molar-refractivity contribution < 1.29 is 9.47 Å². The van der Waals surface area contributed by atoms with Crippen LogP contribution in [0.1, 0.15) is 12.8 Å². The number of rotatable bonds is 5. The third-order valence-electron chi connectivity index (χ3n) is 4.48. The summed E-state index contributed by atoms with van der Waals surface area (Å²) in [5, 5.41) is 1.40. The average molecular weight is 340 g/mol. The smallest absolute Gasteiger partial charge is 0.0809 e. The van der Waals surface area contributed by atoms with Gasteiger partial charge in [-0.1, -0.05) is 35.5 Å². The fourth-order valence-corrected chi connectivity index (χ4v) is 3.42. The number of allylic oxidation sites excluding steroid dienone is 3. The molecule has 1 aromatic rings. The summed E-state index contributed by atoms with van der Waals surface area (Å²) in [5.41, 5.74) is 3.57. The topological polar surface area (TPSA) is 21.7 Å². The predicted molar refractivity (Wildman–Crippen MR) is 104 cm³/mol. The summed E-state index contributed by atoms with van der Waals surface area (Å²) >= 11 is 0. The van der Waals surface area contributed by atoms with Crippen molar-refractivity contribution in [3.8, 4) is 0 Å². The molecular weight excluding hydrogens is 314 g/mol. The molecule has 0 saturated heterocycles. The molecule has 0 N–H and O–H groups in total. The Morgan fingerprint density at radius 3 is 2.54 bits per heavy atom. The van der Waals surface area contributed by atoms with Crippen molar-refractivity contribution in [2.45, 2.75) is 25.0 Å². The molecule has 0 amide bonds. The van der Waals surface area contributed by atoms with Gasteiger partial charge in [-0.05, 0) is 36.8 Å². The largest absolute Gasteiger partial charge is 0.377 e. The van der Waals surface area contributed by atoms with Crippen LogP contribution in [-0.4, -0.2) is 36.7 Å². The lowest BCUT2D eigenvalue weighted by Crippen LogP contribution is -2.28. The average Bonchev–Trinajstić information content (AvgIpc) is 2.64. The van der Waals surface area contributed by atoms with Crippen molar-refractivity contribution in [3.05, 3.63) is 72.1 Å². The van der Waals surface area contributed by atoms with Crippen molar-refractivity contribution in [3.63, 3.8) is 0 Å². The van der Waals surface area contributed by atoms with Gasteiger partial charge in [-0.2, -0.15) is 0 Å². The van der Waals surface area contributed by atoms with E-state index in [1.54, 1.807) is 14.2 Å². The molecule has 0 aliphatic heterocycles. The van der Waals surface area contributed by atoms with Crippen molar-refractivity contribution in [2.24, 2.45) is 0 Å². The second-order valence-corrected chi connectivity index (χ2v) is 7.35. The quantitative estimate of drug-likeness (QED) is 0.768. The second-order valence-electron chi connectivity index (χ2n) is 6.20. The SMILES string of the molecule is COC1C=C(N(C2=CC=CC(OC)C2)c2ccc([SiH3])cc2)C=CC1. The van der Waals surface area contributed by atoms with Crippen LogP contribution in [0.3, 0.4) is 0 Å². The van der Waals surface area contributed by atoms with Gasteiger partial charge in [0, 0.05) is 48.0 Å². The summed E-state index contributed by atoms with van der Waals surface area (Å²) in [6.07, 6.45) is 15.0. The maximum Gasteiger partial charge on any atom is 0.0809 e. The van der Waals surface area contributed by atoms with Crippen molar-refractivity contribution in [2.75, 3.05) is 19.1 Å². The molecule has 2 unspecified atom stereocenters.